The van der Waals surface area contributed by atoms with E-state index >= 15 is 0 Å². The molecule has 3 amide bonds. The first-order chi connectivity index (χ1) is 21.2. The molecule has 2 aromatic rings. The summed E-state index contributed by atoms with van der Waals surface area (Å²) in [5.41, 5.74) is 5.39. The van der Waals surface area contributed by atoms with Crippen molar-refractivity contribution in [2.24, 2.45) is 17.6 Å². The van der Waals surface area contributed by atoms with Crippen LogP contribution < -0.4 is 21.7 Å². The van der Waals surface area contributed by atoms with Crippen LogP contribution in [0.1, 0.15) is 68.3 Å². The average molecular weight is 633 g/mol. The second-order valence-electron chi connectivity index (χ2n) is 12.5. The quantitative estimate of drug-likeness (QED) is 0.291. The normalized spacial score (nSPS) is 20.1. The number of carbonyl (C=O) groups excluding carboxylic acids is 3. The van der Waals surface area contributed by atoms with Crippen LogP contribution in [0.3, 0.4) is 0 Å². The van der Waals surface area contributed by atoms with Crippen LogP contribution in [-0.2, 0) is 15.8 Å². The molecule has 0 spiro atoms. The van der Waals surface area contributed by atoms with E-state index in [9.17, 15) is 27.6 Å². The van der Waals surface area contributed by atoms with E-state index in [4.69, 9.17) is 5.73 Å². The number of nitrogens with two attached hydrogens (primary N) is 1. The van der Waals surface area contributed by atoms with Gasteiger partial charge >= 0.3 is 6.18 Å². The average Bonchev–Trinajstić information content (AvgIpc) is 3.44. The number of piperidine rings is 1. The van der Waals surface area contributed by atoms with Crippen LogP contribution in [0.2, 0.25) is 0 Å². The van der Waals surface area contributed by atoms with Gasteiger partial charge in [0, 0.05) is 36.6 Å². The molecule has 14 heteroatoms. The molecule has 246 valence electrons. The number of rotatable bonds is 11. The number of alkyl halides is 3. The Kier molecular flexibility index (Phi) is 10.9. The van der Waals surface area contributed by atoms with E-state index in [-0.39, 0.29) is 23.8 Å². The molecule has 0 radical (unpaired) electrons. The van der Waals surface area contributed by atoms with Gasteiger partial charge in [-0.2, -0.15) is 18.2 Å². The van der Waals surface area contributed by atoms with Crippen LogP contribution in [-0.4, -0.2) is 82.8 Å². The summed E-state index contributed by atoms with van der Waals surface area (Å²) >= 11 is 0. The highest BCUT2D eigenvalue weighted by atomic mass is 19.4. The summed E-state index contributed by atoms with van der Waals surface area (Å²) in [6, 6.07) is 5.25. The zero-order chi connectivity index (χ0) is 32.9. The predicted molar refractivity (Wildman–Crippen MR) is 165 cm³/mol. The standard InChI is InChI=1S/C31H43F3N8O3/c1-18(2)16-25(26(35)43)39-28(44)22-6-5-7-24(22)38-27-23(31(32,33)34)17-36-30(40-27)37-20-10-8-19(9-11-20)29(45)42(4)21-12-14-41(3)15-13-21/h8-11,17-18,21-22,24-25H,5-7,12-16H2,1-4H3,(H2,35,43)(H,39,44)(H2,36,37,38,40)/t22-,24+,25+/m0/s1. The van der Waals surface area contributed by atoms with E-state index in [1.54, 1.807) is 36.2 Å². The van der Waals surface area contributed by atoms with Crippen LogP contribution in [0, 0.1) is 11.8 Å². The molecule has 2 aliphatic rings. The number of hydrogen-bond donors (Lipinski definition) is 4. The van der Waals surface area contributed by atoms with Crippen molar-refractivity contribution in [1.82, 2.24) is 25.1 Å². The molecule has 11 nitrogen and oxygen atoms in total. The fourth-order valence-electron chi connectivity index (χ4n) is 5.96. The molecular weight excluding hydrogens is 589 g/mol. The highest BCUT2D eigenvalue weighted by molar-refractivity contribution is 5.94. The maximum atomic E-state index is 13.9. The fraction of sp³-hybridized carbons (Fsp3) is 0.581. The Labute approximate surface area is 261 Å². The number of benzene rings is 1. The van der Waals surface area contributed by atoms with Crippen LogP contribution in [0.5, 0.6) is 0 Å². The van der Waals surface area contributed by atoms with Gasteiger partial charge in [0.2, 0.25) is 17.8 Å². The molecule has 1 aromatic heterocycles. The summed E-state index contributed by atoms with van der Waals surface area (Å²) in [6.07, 6.45) is -0.404. The van der Waals surface area contributed by atoms with Crippen molar-refractivity contribution in [3.05, 3.63) is 41.6 Å². The Balaban J connectivity index is 1.47. The third kappa shape index (κ3) is 8.83. The number of anilines is 3. The Morgan fingerprint density at radius 3 is 2.36 bits per heavy atom. The Morgan fingerprint density at radius 1 is 1.09 bits per heavy atom. The number of primary amides is 1. The maximum Gasteiger partial charge on any atom is 0.421 e. The summed E-state index contributed by atoms with van der Waals surface area (Å²) in [5.74, 6) is -2.32. The Bertz CT molecular complexity index is 1350. The number of amides is 3. The number of aromatic nitrogens is 2. The minimum Gasteiger partial charge on any atom is -0.368 e. The minimum absolute atomic E-state index is 0.0854. The summed E-state index contributed by atoms with van der Waals surface area (Å²) in [6.45, 7) is 5.64. The van der Waals surface area contributed by atoms with Crippen molar-refractivity contribution in [1.29, 1.82) is 0 Å². The summed E-state index contributed by atoms with van der Waals surface area (Å²) in [5, 5.41) is 8.44. The molecule has 1 aromatic carbocycles. The molecule has 0 bridgehead atoms. The third-order valence-corrected chi connectivity index (χ3v) is 8.58. The van der Waals surface area contributed by atoms with Crippen molar-refractivity contribution >= 4 is 35.2 Å². The summed E-state index contributed by atoms with van der Waals surface area (Å²) in [7, 11) is 3.86. The topological polar surface area (TPSA) is 146 Å². The van der Waals surface area contributed by atoms with E-state index < -0.39 is 47.4 Å². The third-order valence-electron chi connectivity index (χ3n) is 8.58. The van der Waals surface area contributed by atoms with Gasteiger partial charge in [-0.25, -0.2) is 4.98 Å². The fourth-order valence-corrected chi connectivity index (χ4v) is 5.96. The number of hydrogen-bond acceptors (Lipinski definition) is 8. The van der Waals surface area contributed by atoms with Gasteiger partial charge in [0.1, 0.15) is 17.4 Å². The van der Waals surface area contributed by atoms with Crippen LogP contribution in [0.4, 0.5) is 30.6 Å². The summed E-state index contributed by atoms with van der Waals surface area (Å²) in [4.78, 5) is 50.0. The highest BCUT2D eigenvalue weighted by Gasteiger charge is 2.39. The molecule has 1 aliphatic heterocycles. The molecular formula is C31H43F3N8O3. The molecule has 5 N–H and O–H groups in total. The molecule has 3 atom stereocenters. The van der Waals surface area contributed by atoms with E-state index in [2.05, 4.69) is 37.9 Å². The first kappa shape index (κ1) is 33.9. The first-order valence-corrected chi connectivity index (χ1v) is 15.4. The molecule has 2 heterocycles. The lowest BCUT2D eigenvalue weighted by atomic mass is 9.99. The Hall–Kier alpha value is -3.94. The lowest BCUT2D eigenvalue weighted by molar-refractivity contribution is -0.137. The molecule has 0 unspecified atom stereocenters. The first-order valence-electron chi connectivity index (χ1n) is 15.4. The largest absolute Gasteiger partial charge is 0.421 e. The number of nitrogens with zero attached hydrogens (tertiary/aromatic N) is 4. The zero-order valence-corrected chi connectivity index (χ0v) is 26.2. The number of halogens is 3. The van der Waals surface area contributed by atoms with E-state index in [0.29, 0.717) is 43.1 Å². The van der Waals surface area contributed by atoms with Gasteiger partial charge in [0.05, 0.1) is 5.92 Å². The lowest BCUT2D eigenvalue weighted by Gasteiger charge is -2.35. The summed E-state index contributed by atoms with van der Waals surface area (Å²) < 4.78 is 41.8. The van der Waals surface area contributed by atoms with E-state index in [0.717, 1.165) is 25.9 Å². The van der Waals surface area contributed by atoms with E-state index in [1.807, 2.05) is 13.8 Å². The smallest absolute Gasteiger partial charge is 0.368 e. The predicted octanol–water partition coefficient (Wildman–Crippen LogP) is 4.00. The van der Waals surface area contributed by atoms with Crippen molar-refractivity contribution in [2.45, 2.75) is 76.7 Å². The van der Waals surface area contributed by atoms with Crippen LogP contribution >= 0.6 is 0 Å². The molecule has 4 rings (SSSR count). The second kappa shape index (κ2) is 14.4. The number of nitrogens with one attached hydrogen (secondary N) is 3. The van der Waals surface area contributed by atoms with Crippen molar-refractivity contribution in [2.75, 3.05) is 37.8 Å². The van der Waals surface area contributed by atoms with Crippen molar-refractivity contribution in [3.63, 3.8) is 0 Å². The van der Waals surface area contributed by atoms with Gasteiger partial charge in [-0.1, -0.05) is 20.3 Å². The minimum atomic E-state index is -4.74. The molecule has 1 saturated heterocycles. The van der Waals surface area contributed by atoms with Gasteiger partial charge < -0.3 is 31.5 Å². The van der Waals surface area contributed by atoms with Crippen molar-refractivity contribution < 1.29 is 27.6 Å². The number of likely N-dealkylation sites (tertiary alicyclic amines) is 1. The SMILES string of the molecule is CC(C)C[C@@H](NC(=O)[C@H]1CCC[C@H]1Nc1nc(Nc2ccc(C(=O)N(C)C3CCN(C)CC3)cc2)ncc1C(F)(F)F)C(N)=O. The maximum absolute atomic E-state index is 13.9. The van der Waals surface area contributed by atoms with E-state index in [1.165, 1.54) is 0 Å². The lowest BCUT2D eigenvalue weighted by Crippen LogP contribution is -2.49. The van der Waals surface area contributed by atoms with Gasteiger partial charge in [-0.15, -0.1) is 0 Å². The van der Waals surface area contributed by atoms with Crippen molar-refractivity contribution in [3.8, 4) is 0 Å². The highest BCUT2D eigenvalue weighted by Crippen LogP contribution is 2.37. The van der Waals surface area contributed by atoms with Crippen LogP contribution in [0.15, 0.2) is 30.5 Å². The number of carbonyl (C=O) groups is 3. The van der Waals surface area contributed by atoms with Gasteiger partial charge in [0.25, 0.3) is 5.91 Å². The van der Waals surface area contributed by atoms with Gasteiger partial charge in [-0.3, -0.25) is 14.4 Å². The second-order valence-corrected chi connectivity index (χ2v) is 12.5. The van der Waals surface area contributed by atoms with Gasteiger partial charge in [-0.05, 0) is 82.4 Å². The van der Waals surface area contributed by atoms with Gasteiger partial charge in [0.15, 0.2) is 0 Å². The molecule has 45 heavy (non-hydrogen) atoms. The monoisotopic (exact) mass is 632 g/mol. The molecule has 1 aliphatic carbocycles. The Morgan fingerprint density at radius 2 is 1.76 bits per heavy atom. The van der Waals surface area contributed by atoms with Crippen LogP contribution in [0.25, 0.3) is 0 Å². The molecule has 1 saturated carbocycles. The molecule has 2 fully saturated rings. The zero-order valence-electron chi connectivity index (χ0n) is 26.2.